The number of nitrogens with two attached hydrogens (primary N) is 3. The minimum absolute atomic E-state index is 0.0113. The molecule has 0 radical (unpaired) electrons. The van der Waals surface area contributed by atoms with Gasteiger partial charge >= 0.3 is 11.9 Å². The zero-order valence-corrected chi connectivity index (χ0v) is 63.1. The number of hydrogen-bond donors (Lipinski definition) is 18. The molecule has 594 valence electrons. The number of ether oxygens (including phenoxy) is 1. The summed E-state index contributed by atoms with van der Waals surface area (Å²) < 4.78 is 5.61. The molecule has 4 aromatic rings. The monoisotopic (exact) mass is 1560 g/mol. The van der Waals surface area contributed by atoms with Crippen molar-refractivity contribution in [3.05, 3.63) is 121 Å². The van der Waals surface area contributed by atoms with Gasteiger partial charge in [-0.05, 0) is 104 Å². The van der Waals surface area contributed by atoms with Crippen LogP contribution in [0.5, 0.6) is 0 Å². The molecule has 32 nitrogen and oxygen atoms in total. The van der Waals surface area contributed by atoms with Gasteiger partial charge in [0.25, 0.3) is 0 Å². The van der Waals surface area contributed by atoms with Gasteiger partial charge < -0.3 is 84.6 Å². The first-order chi connectivity index (χ1) is 52.5. The number of unbranched alkanes of at least 4 members (excludes halogenated alkanes) is 1. The predicted molar refractivity (Wildman–Crippen MR) is 415 cm³/mol. The number of aromatic amines is 1. The molecule has 0 bridgehead atoms. The molecule has 1 aliphatic carbocycles. The number of rotatable bonds is 49. The van der Waals surface area contributed by atoms with E-state index in [9.17, 15) is 77.3 Å². The van der Waals surface area contributed by atoms with Crippen LogP contribution in [0.1, 0.15) is 132 Å². The number of nitrogens with zero attached hydrogens (tertiary/aromatic N) is 1. The Labute approximate surface area is 647 Å². The zero-order chi connectivity index (χ0) is 80.7. The van der Waals surface area contributed by atoms with Crippen molar-refractivity contribution in [1.29, 1.82) is 10.8 Å². The molecule has 19 N–H and O–H groups in total. The summed E-state index contributed by atoms with van der Waals surface area (Å²) in [4.78, 5) is 196. The van der Waals surface area contributed by atoms with Crippen molar-refractivity contribution in [3.63, 3.8) is 0 Å². The number of primary amides is 1. The van der Waals surface area contributed by atoms with Crippen LogP contribution >= 0.6 is 25.3 Å². The van der Waals surface area contributed by atoms with Crippen molar-refractivity contribution in [3.8, 4) is 11.1 Å². The normalized spacial score (nSPS) is 15.6. The summed E-state index contributed by atoms with van der Waals surface area (Å²) >= 11 is 8.56. The van der Waals surface area contributed by atoms with Crippen LogP contribution in [0.15, 0.2) is 104 Å². The van der Waals surface area contributed by atoms with Crippen LogP contribution in [-0.2, 0) is 78.3 Å². The molecule has 2 heterocycles. The number of benzene rings is 3. The standard InChI is InChI=1S/C76H101N15O17S2/c1-4-16-44(34-62(94)58(40-109)85-65(96)28-29-67(99)108-39-52-50-22-9-7-20-48(50)49-21-8-10-23-51(49)52)69(101)89-57(38-92)73(105)88-56(37-66(97)98)75(107)91-31-15-26-60(91)63(95)35-45(19-14-30-82-76(80)81)70(102)90-59(41-110)74(106)83-42(3)61(93)36-46(33-47-32-43-18-6-11-24-53(43)84-47)71(103)87-55(25-12-13-27-64(77)78)72(104)86-54(17-5-2)68(79)100/h4-11,18,20-24,32,42,44-46,52,54-60,84,92,109-110H,1-2,12-17,19,25-31,33-41H2,3H3,(H3,77,78)(H2,79,100)(H,83,106)(H,85,96)(H,86,104)(H,87,103)(H,88,105)(H,89,101)(H,90,102)(H,97,98)(H4,80,81,82)/t42-,44+,45+,46+,54-,55-,56-,57-,58-,59-,60?/m0/s1. The van der Waals surface area contributed by atoms with Crippen LogP contribution < -0.4 is 59.7 Å². The molecule has 3 aromatic carbocycles. The summed E-state index contributed by atoms with van der Waals surface area (Å²) in [5.41, 5.74) is 22.0. The van der Waals surface area contributed by atoms with E-state index in [0.717, 1.165) is 38.1 Å². The number of likely N-dealkylation sites (tertiary alicyclic amines) is 1. The maximum absolute atomic E-state index is 14.5. The van der Waals surface area contributed by atoms with Crippen molar-refractivity contribution in [1.82, 2.24) is 52.4 Å². The third-order valence-electron chi connectivity index (χ3n) is 19.1. The fourth-order valence-electron chi connectivity index (χ4n) is 13.2. The molecule has 0 saturated carbocycles. The van der Waals surface area contributed by atoms with Crippen LogP contribution in [0, 0.1) is 28.6 Å². The second-order valence-electron chi connectivity index (χ2n) is 27.3. The van der Waals surface area contributed by atoms with Crippen LogP contribution in [0.3, 0.4) is 0 Å². The van der Waals surface area contributed by atoms with Crippen LogP contribution in [0.2, 0.25) is 0 Å². The number of allylic oxidation sites excluding steroid dienone is 1. The lowest BCUT2D eigenvalue weighted by Crippen LogP contribution is -2.57. The number of nitrogens with one attached hydrogen (secondary N) is 11. The number of thiol groups is 2. The van der Waals surface area contributed by atoms with E-state index in [1.165, 1.54) is 19.1 Å². The van der Waals surface area contributed by atoms with Gasteiger partial charge in [-0.15, -0.1) is 13.2 Å². The number of aliphatic hydroxyl groups is 1. The Morgan fingerprint density at radius 1 is 0.627 bits per heavy atom. The van der Waals surface area contributed by atoms with Crippen molar-refractivity contribution in [2.45, 2.75) is 170 Å². The lowest BCUT2D eigenvalue weighted by molar-refractivity contribution is -0.146. The number of carbonyl (C=O) groups is 14. The molecule has 1 aliphatic heterocycles. The molecule has 1 aromatic heterocycles. The number of esters is 1. The number of amides is 9. The molecular formula is C76H101N15O17S2. The average Bonchev–Trinajstić information content (AvgIpc) is 1.61. The average molecular weight is 1560 g/mol. The Morgan fingerprint density at radius 3 is 1.83 bits per heavy atom. The summed E-state index contributed by atoms with van der Waals surface area (Å²) in [5.74, 6) is -17.0. The van der Waals surface area contributed by atoms with Crippen LogP contribution in [0.25, 0.3) is 22.0 Å². The SMILES string of the molecule is C=CC[C@H](CC(=O)[C@H](CS)NC(=O)CCC(=O)OCC1c2ccccc2-c2ccccc21)C(=O)N[C@@H](CO)C(=O)N[C@@H](CC(=O)O)C(=O)N1CCCC1C(=O)C[C@@H](CCCNC(=N)N)C(=O)N[C@@H](CS)C(=O)N[C@@H](C)C(=O)C[C@@H](Cc1cc2ccccc2[nH]1)C(=O)N[C@@H](CCCCC(=N)N)C(=O)N[C@@H](CC=C)C(N)=O. The highest BCUT2D eigenvalue weighted by atomic mass is 32.1. The number of carboxylic acids is 1. The van der Waals surface area contributed by atoms with Crippen LogP contribution in [-0.4, -0.2) is 200 Å². The number of guanidine groups is 1. The molecule has 34 heteroatoms. The quantitative estimate of drug-likeness (QED) is 0.00747. The van der Waals surface area contributed by atoms with E-state index < -0.39 is 187 Å². The summed E-state index contributed by atoms with van der Waals surface area (Å²) in [6.07, 6.45) is 0.431. The summed E-state index contributed by atoms with van der Waals surface area (Å²) in [6.45, 7) is 7.51. The Kier molecular flexibility index (Phi) is 35.3. The molecule has 11 atom stereocenters. The van der Waals surface area contributed by atoms with Crippen molar-refractivity contribution < 1.29 is 82.1 Å². The summed E-state index contributed by atoms with van der Waals surface area (Å²) in [7, 11) is 0. The minimum atomic E-state index is -1.89. The van der Waals surface area contributed by atoms with Crippen LogP contribution in [0.4, 0.5) is 0 Å². The highest BCUT2D eigenvalue weighted by molar-refractivity contribution is 7.80. The third kappa shape index (κ3) is 26.5. The van der Waals surface area contributed by atoms with Gasteiger partial charge in [0.1, 0.15) is 36.8 Å². The van der Waals surface area contributed by atoms with Gasteiger partial charge in [-0.1, -0.05) is 85.3 Å². The molecule has 6 rings (SSSR count). The second-order valence-corrected chi connectivity index (χ2v) is 28.0. The Hall–Kier alpha value is -10.7. The van der Waals surface area contributed by atoms with Gasteiger partial charge in [0, 0.05) is 85.7 Å². The number of H-pyrrole nitrogens is 1. The fraction of sp³-hybridized carbons (Fsp3) is 0.474. The number of hydrogen-bond acceptors (Lipinski definition) is 20. The molecule has 9 amide bonds. The first kappa shape index (κ1) is 88.2. The van der Waals surface area contributed by atoms with E-state index in [0.29, 0.717) is 18.5 Å². The lowest BCUT2D eigenvalue weighted by atomic mass is 9.92. The largest absolute Gasteiger partial charge is 0.481 e. The first-order valence-corrected chi connectivity index (χ1v) is 37.6. The van der Waals surface area contributed by atoms with Crippen molar-refractivity contribution in [2.24, 2.45) is 35.0 Å². The van der Waals surface area contributed by atoms with Gasteiger partial charge in [-0.2, -0.15) is 25.3 Å². The highest BCUT2D eigenvalue weighted by Crippen LogP contribution is 2.44. The van der Waals surface area contributed by atoms with Crippen molar-refractivity contribution in [2.75, 3.05) is 37.8 Å². The lowest BCUT2D eigenvalue weighted by Gasteiger charge is -2.30. The van der Waals surface area contributed by atoms with E-state index in [4.69, 9.17) is 32.8 Å². The van der Waals surface area contributed by atoms with E-state index in [1.54, 1.807) is 12.1 Å². The van der Waals surface area contributed by atoms with Gasteiger partial charge in [-0.3, -0.25) is 77.9 Å². The predicted octanol–water partition coefficient (Wildman–Crippen LogP) is 1.70. The van der Waals surface area contributed by atoms with Gasteiger partial charge in [-0.25, -0.2) is 0 Å². The number of para-hydroxylation sites is 1. The topological polar surface area (TPSA) is 530 Å². The van der Waals surface area contributed by atoms with E-state index in [2.05, 4.69) is 85.9 Å². The number of fused-ring (bicyclic) bond motifs is 4. The molecule has 1 unspecified atom stereocenters. The molecular weight excluding hydrogens is 1460 g/mol. The number of aliphatic hydroxyl groups excluding tert-OH is 1. The van der Waals surface area contributed by atoms with Gasteiger partial charge in [0.05, 0.1) is 49.3 Å². The van der Waals surface area contributed by atoms with Gasteiger partial charge in [0.15, 0.2) is 23.3 Å². The summed E-state index contributed by atoms with van der Waals surface area (Å²) in [5, 5.41) is 56.7. The number of Topliss-reactive ketones (excluding diaryl/α,β-unsaturated/α-hetero) is 3. The van der Waals surface area contributed by atoms with E-state index in [-0.39, 0.29) is 114 Å². The molecule has 1 fully saturated rings. The maximum Gasteiger partial charge on any atom is 0.306 e. The molecule has 0 spiro atoms. The Morgan fingerprint density at radius 2 is 1.21 bits per heavy atom. The fourth-order valence-corrected chi connectivity index (χ4v) is 13.8. The van der Waals surface area contributed by atoms with Gasteiger partial charge in [0.2, 0.25) is 53.2 Å². The molecule has 110 heavy (non-hydrogen) atoms. The number of aliphatic carboxylic acids is 1. The maximum atomic E-state index is 14.5. The number of carboxylic acid groups (broad SMARTS) is 1. The Bertz CT molecular complexity index is 3960. The zero-order valence-electron chi connectivity index (χ0n) is 61.4. The summed E-state index contributed by atoms with van der Waals surface area (Å²) in [6, 6.07) is 13.2. The Balaban J connectivity index is 1.07. The number of ketones is 3. The minimum Gasteiger partial charge on any atom is -0.481 e. The number of amidine groups is 1. The smallest absolute Gasteiger partial charge is 0.306 e. The van der Waals surface area contributed by atoms with Crippen molar-refractivity contribution >= 4 is 130 Å². The highest BCUT2D eigenvalue weighted by Gasteiger charge is 2.42. The third-order valence-corrected chi connectivity index (χ3v) is 19.8. The number of aromatic nitrogens is 1. The van der Waals surface area contributed by atoms with E-state index >= 15 is 0 Å². The first-order valence-electron chi connectivity index (χ1n) is 36.4. The molecule has 2 aliphatic rings. The molecule has 1 saturated heterocycles. The second kappa shape index (κ2) is 44.1. The van der Waals surface area contributed by atoms with E-state index in [1.807, 2.05) is 66.7 Å². The number of carbonyl (C=O) groups excluding carboxylic acids is 13.